The van der Waals surface area contributed by atoms with Crippen molar-refractivity contribution in [3.63, 3.8) is 0 Å². The van der Waals surface area contributed by atoms with E-state index in [0.717, 1.165) is 0 Å². The van der Waals surface area contributed by atoms with Crippen molar-refractivity contribution in [3.05, 3.63) is 57.8 Å². The largest absolute Gasteiger partial charge is 0.497 e. The van der Waals surface area contributed by atoms with Crippen LogP contribution < -0.4 is 9.47 Å². The number of halogens is 2. The number of hydrogen-bond acceptors (Lipinski definition) is 3. The van der Waals surface area contributed by atoms with Crippen LogP contribution in [0.25, 0.3) is 0 Å². The number of aliphatic hydroxyl groups excluding tert-OH is 1. The fourth-order valence-corrected chi connectivity index (χ4v) is 2.67. The Morgan fingerprint density at radius 1 is 1.14 bits per heavy atom. The van der Waals surface area contributed by atoms with E-state index >= 15 is 0 Å². The van der Waals surface area contributed by atoms with Crippen molar-refractivity contribution in [3.8, 4) is 11.5 Å². The van der Waals surface area contributed by atoms with Gasteiger partial charge in [-0.25, -0.2) is 4.39 Å². The average Bonchev–Trinajstić information content (AvgIpc) is 2.45. The maximum atomic E-state index is 13.4. The van der Waals surface area contributed by atoms with Gasteiger partial charge in [-0.15, -0.1) is 0 Å². The number of benzene rings is 2. The van der Waals surface area contributed by atoms with Crippen LogP contribution in [0.2, 0.25) is 0 Å². The molecule has 112 valence electrons. The predicted molar refractivity (Wildman–Crippen MR) is 82.3 cm³/mol. The first kappa shape index (κ1) is 15.8. The molecule has 1 atom stereocenters. The van der Waals surface area contributed by atoms with Gasteiger partial charge in [0, 0.05) is 22.5 Å². The summed E-state index contributed by atoms with van der Waals surface area (Å²) in [6, 6.07) is 9.77. The van der Waals surface area contributed by atoms with Crippen LogP contribution >= 0.6 is 15.9 Å². The standard InChI is InChI=1S/C16H16BrFO3/c1-20-13-3-4-14(16(9-13)21-2)15(19)7-10-5-11(17)8-12(18)6-10/h3-6,8-9,15,19H,7H2,1-2H3. The second-order valence-corrected chi connectivity index (χ2v) is 5.52. The van der Waals surface area contributed by atoms with Gasteiger partial charge in [-0.3, -0.25) is 0 Å². The molecule has 1 N–H and O–H groups in total. The minimum absolute atomic E-state index is 0.291. The molecule has 0 fully saturated rings. The summed E-state index contributed by atoms with van der Waals surface area (Å²) in [6.07, 6.45) is -0.501. The monoisotopic (exact) mass is 354 g/mol. The fourth-order valence-electron chi connectivity index (χ4n) is 2.16. The van der Waals surface area contributed by atoms with Gasteiger partial charge in [0.1, 0.15) is 17.3 Å². The minimum Gasteiger partial charge on any atom is -0.497 e. The molecule has 2 aromatic carbocycles. The van der Waals surface area contributed by atoms with Crippen LogP contribution in [-0.2, 0) is 6.42 Å². The van der Waals surface area contributed by atoms with Gasteiger partial charge in [-0.05, 0) is 35.9 Å². The summed E-state index contributed by atoms with van der Waals surface area (Å²) in [5.41, 5.74) is 1.34. The molecule has 5 heteroatoms. The van der Waals surface area contributed by atoms with Crippen molar-refractivity contribution in [2.24, 2.45) is 0 Å². The van der Waals surface area contributed by atoms with Crippen LogP contribution in [0.15, 0.2) is 40.9 Å². The van der Waals surface area contributed by atoms with Crippen molar-refractivity contribution in [2.75, 3.05) is 14.2 Å². The maximum absolute atomic E-state index is 13.4. The van der Waals surface area contributed by atoms with E-state index in [1.165, 1.54) is 19.2 Å². The molecule has 0 bridgehead atoms. The second kappa shape index (κ2) is 6.91. The van der Waals surface area contributed by atoms with Gasteiger partial charge in [0.25, 0.3) is 0 Å². The Bertz CT molecular complexity index is 611. The Balaban J connectivity index is 2.25. The Kier molecular flexibility index (Phi) is 5.20. The van der Waals surface area contributed by atoms with E-state index in [4.69, 9.17) is 9.47 Å². The molecule has 0 heterocycles. The van der Waals surface area contributed by atoms with Gasteiger partial charge in [0.2, 0.25) is 0 Å². The lowest BCUT2D eigenvalue weighted by Gasteiger charge is -2.16. The molecule has 0 aliphatic carbocycles. The van der Waals surface area contributed by atoms with Gasteiger partial charge in [0.15, 0.2) is 0 Å². The summed E-state index contributed by atoms with van der Waals surface area (Å²) >= 11 is 3.24. The third-order valence-corrected chi connectivity index (χ3v) is 3.61. The minimum atomic E-state index is -0.792. The van der Waals surface area contributed by atoms with Crippen LogP contribution in [-0.4, -0.2) is 19.3 Å². The molecule has 0 saturated heterocycles. The molecule has 0 spiro atoms. The average molecular weight is 355 g/mol. The first-order valence-corrected chi connectivity index (χ1v) is 7.17. The van der Waals surface area contributed by atoms with Crippen molar-refractivity contribution >= 4 is 15.9 Å². The smallest absolute Gasteiger partial charge is 0.128 e. The number of aliphatic hydroxyl groups is 1. The predicted octanol–water partition coefficient (Wildman–Crippen LogP) is 3.88. The number of rotatable bonds is 5. The summed E-state index contributed by atoms with van der Waals surface area (Å²) in [5.74, 6) is 0.849. The van der Waals surface area contributed by atoms with E-state index in [1.807, 2.05) is 0 Å². The first-order chi connectivity index (χ1) is 10.0. The highest BCUT2D eigenvalue weighted by Crippen LogP contribution is 2.31. The quantitative estimate of drug-likeness (QED) is 0.885. The summed E-state index contributed by atoms with van der Waals surface area (Å²) in [6.45, 7) is 0. The van der Waals surface area contributed by atoms with E-state index in [0.29, 0.717) is 33.5 Å². The summed E-state index contributed by atoms with van der Waals surface area (Å²) < 4.78 is 24.4. The van der Waals surface area contributed by atoms with E-state index in [2.05, 4.69) is 15.9 Å². The molecular formula is C16H16BrFO3. The van der Waals surface area contributed by atoms with Crippen LogP contribution in [0.3, 0.4) is 0 Å². The van der Waals surface area contributed by atoms with Gasteiger partial charge >= 0.3 is 0 Å². The Morgan fingerprint density at radius 3 is 2.52 bits per heavy atom. The van der Waals surface area contributed by atoms with Crippen molar-refractivity contribution < 1.29 is 19.0 Å². The number of methoxy groups -OCH3 is 2. The van der Waals surface area contributed by atoms with E-state index < -0.39 is 6.10 Å². The van der Waals surface area contributed by atoms with Crippen LogP contribution in [0.5, 0.6) is 11.5 Å². The molecule has 0 saturated carbocycles. The van der Waals surface area contributed by atoms with Crippen molar-refractivity contribution in [1.29, 1.82) is 0 Å². The number of hydrogen-bond donors (Lipinski definition) is 1. The van der Waals surface area contributed by atoms with Gasteiger partial charge in [0.05, 0.1) is 20.3 Å². The third-order valence-electron chi connectivity index (χ3n) is 3.15. The SMILES string of the molecule is COc1ccc(C(O)Cc2cc(F)cc(Br)c2)c(OC)c1. The molecule has 0 aliphatic rings. The molecule has 1 unspecified atom stereocenters. The zero-order chi connectivity index (χ0) is 15.4. The maximum Gasteiger partial charge on any atom is 0.128 e. The highest BCUT2D eigenvalue weighted by atomic mass is 79.9. The molecule has 0 amide bonds. The van der Waals surface area contributed by atoms with Gasteiger partial charge in [-0.2, -0.15) is 0 Å². The summed E-state index contributed by atoms with van der Waals surface area (Å²) in [5, 5.41) is 10.4. The Morgan fingerprint density at radius 2 is 1.90 bits per heavy atom. The molecule has 21 heavy (non-hydrogen) atoms. The zero-order valence-corrected chi connectivity index (χ0v) is 13.4. The zero-order valence-electron chi connectivity index (χ0n) is 11.8. The fraction of sp³-hybridized carbons (Fsp3) is 0.250. The van der Waals surface area contributed by atoms with E-state index in [1.54, 1.807) is 31.4 Å². The molecular weight excluding hydrogens is 339 g/mol. The normalized spacial score (nSPS) is 12.0. The van der Waals surface area contributed by atoms with Crippen LogP contribution in [0.4, 0.5) is 4.39 Å². The van der Waals surface area contributed by atoms with Gasteiger partial charge < -0.3 is 14.6 Å². The Hall–Kier alpha value is -1.59. The lowest BCUT2D eigenvalue weighted by atomic mass is 10.0. The topological polar surface area (TPSA) is 38.7 Å². The second-order valence-electron chi connectivity index (χ2n) is 4.61. The molecule has 0 aromatic heterocycles. The summed E-state index contributed by atoms with van der Waals surface area (Å²) in [7, 11) is 3.10. The van der Waals surface area contributed by atoms with Crippen LogP contribution in [0, 0.1) is 5.82 Å². The van der Waals surface area contributed by atoms with E-state index in [9.17, 15) is 9.50 Å². The van der Waals surface area contributed by atoms with Gasteiger partial charge in [-0.1, -0.05) is 15.9 Å². The summed E-state index contributed by atoms with van der Waals surface area (Å²) in [4.78, 5) is 0. The highest BCUT2D eigenvalue weighted by Gasteiger charge is 2.15. The molecule has 0 aliphatic heterocycles. The lowest BCUT2D eigenvalue weighted by Crippen LogP contribution is -2.05. The molecule has 3 nitrogen and oxygen atoms in total. The lowest BCUT2D eigenvalue weighted by molar-refractivity contribution is 0.173. The Labute approximate surface area is 131 Å². The first-order valence-electron chi connectivity index (χ1n) is 6.38. The number of ether oxygens (including phenoxy) is 2. The third kappa shape index (κ3) is 3.95. The molecule has 2 rings (SSSR count). The van der Waals surface area contributed by atoms with Crippen molar-refractivity contribution in [1.82, 2.24) is 0 Å². The van der Waals surface area contributed by atoms with Crippen LogP contribution in [0.1, 0.15) is 17.2 Å². The highest BCUT2D eigenvalue weighted by molar-refractivity contribution is 9.10. The van der Waals surface area contributed by atoms with Crippen molar-refractivity contribution in [2.45, 2.75) is 12.5 Å². The molecule has 2 aromatic rings. The van der Waals surface area contributed by atoms with E-state index in [-0.39, 0.29) is 5.82 Å². The molecule has 0 radical (unpaired) electrons.